The molecule has 0 aliphatic carbocycles. The molecule has 0 saturated carbocycles. The number of alkyl halides is 3. The molecule has 0 aliphatic heterocycles. The number of fused-ring (bicyclic) bond motifs is 1. The van der Waals surface area contributed by atoms with Gasteiger partial charge in [-0.3, -0.25) is 9.59 Å². The quantitative estimate of drug-likeness (QED) is 0.429. The molecule has 0 radical (unpaired) electrons. The molecule has 3 rings (SSSR count). The van der Waals surface area contributed by atoms with E-state index in [9.17, 15) is 37.1 Å². The molecule has 1 aromatic heterocycles. The van der Waals surface area contributed by atoms with Gasteiger partial charge >= 0.3 is 11.8 Å². The summed E-state index contributed by atoms with van der Waals surface area (Å²) in [5.74, 6) is -3.11. The van der Waals surface area contributed by atoms with Crippen LogP contribution in [-0.2, 0) is 15.0 Å². The number of hydrogen-bond acceptors (Lipinski definition) is 6. The van der Waals surface area contributed by atoms with Crippen molar-refractivity contribution in [1.29, 1.82) is 0 Å². The van der Waals surface area contributed by atoms with Crippen LogP contribution in [0.5, 0.6) is 0 Å². The number of carbonyl (C=O) groups excluding carboxylic acids is 2. The number of aryl methyl sites for hydroxylation is 1. The fourth-order valence-corrected chi connectivity index (χ4v) is 3.96. The first-order valence-corrected chi connectivity index (χ1v) is 10.6. The van der Waals surface area contributed by atoms with Crippen molar-refractivity contribution in [1.82, 2.24) is 5.16 Å². The summed E-state index contributed by atoms with van der Waals surface area (Å²) in [6.07, 6.45) is -6.63. The first kappa shape index (κ1) is 26.8. The van der Waals surface area contributed by atoms with Crippen molar-refractivity contribution < 1.29 is 36.8 Å². The molecule has 2 aromatic carbocycles. The average molecular weight is 509 g/mol. The normalized spacial score (nSPS) is 13.8. The molecule has 1 unspecified atom stereocenters. The van der Waals surface area contributed by atoms with Crippen molar-refractivity contribution in [2.75, 3.05) is 10.6 Å². The summed E-state index contributed by atoms with van der Waals surface area (Å²) in [5, 5.41) is 19.1. The highest BCUT2D eigenvalue weighted by molar-refractivity contribution is 6.00. The Bertz CT molecular complexity index is 1400. The van der Waals surface area contributed by atoms with E-state index in [1.165, 1.54) is 52.0 Å². The molecule has 2 amide bonds. The molecule has 3 aromatic rings. The number of carbonyl (C=O) groups is 2. The van der Waals surface area contributed by atoms with E-state index < -0.39 is 46.9 Å². The predicted molar refractivity (Wildman–Crippen MR) is 123 cm³/mol. The van der Waals surface area contributed by atoms with Gasteiger partial charge in [0, 0.05) is 30.1 Å². The zero-order chi connectivity index (χ0) is 27.1. The van der Waals surface area contributed by atoms with Crippen LogP contribution in [0.2, 0.25) is 0 Å². The van der Waals surface area contributed by atoms with Crippen LogP contribution in [0, 0.1) is 12.7 Å². The minimum absolute atomic E-state index is 0.0372. The van der Waals surface area contributed by atoms with Gasteiger partial charge in [-0.05, 0) is 54.3 Å². The summed E-state index contributed by atoms with van der Waals surface area (Å²) >= 11 is 0. The van der Waals surface area contributed by atoms with Crippen LogP contribution in [0.25, 0.3) is 10.8 Å². The molecule has 0 bridgehead atoms. The topological polar surface area (TPSA) is 122 Å². The Morgan fingerprint density at radius 3 is 2.33 bits per heavy atom. The zero-order valence-electron chi connectivity index (χ0n) is 19.7. The Kier molecular flexibility index (Phi) is 6.95. The first-order valence-electron chi connectivity index (χ1n) is 10.6. The molecule has 0 saturated heterocycles. The number of halogens is 4. The molecule has 3 N–H and O–H groups in total. The number of rotatable bonds is 6. The number of nitrogens with one attached hydrogen (secondary N) is 2. The van der Waals surface area contributed by atoms with E-state index >= 15 is 0 Å². The summed E-state index contributed by atoms with van der Waals surface area (Å²) in [6.45, 7) is 5.23. The lowest BCUT2D eigenvalue weighted by molar-refractivity contribution is -0.254. The SMILES string of the molecule is CC(=O)Nc1ccc(F)cc1C(C)(C)CC(O)(C(=O)Nc1ccc2c(=O)onc(C)c2c1)C(F)(F)F. The highest BCUT2D eigenvalue weighted by Gasteiger charge is 2.61. The van der Waals surface area contributed by atoms with Crippen LogP contribution in [0.4, 0.5) is 28.9 Å². The molecular formula is C24H23F4N3O5. The van der Waals surface area contributed by atoms with E-state index in [1.807, 2.05) is 5.32 Å². The standard InChI is InChI=1S/C24H23F4N3O5/c1-12-17-10-15(6-7-16(17)20(33)36-31-12)30-21(34)23(35,24(26,27)28)11-22(3,4)18-9-14(25)5-8-19(18)29-13(2)32/h5-10,35H,11H2,1-4H3,(H,29,32)(H,30,34). The van der Waals surface area contributed by atoms with Crippen molar-refractivity contribution in [2.24, 2.45) is 0 Å². The number of benzene rings is 2. The Hall–Kier alpha value is -3.80. The first-order chi connectivity index (χ1) is 16.5. The second-order valence-corrected chi connectivity index (χ2v) is 9.06. The third-order valence-corrected chi connectivity index (χ3v) is 5.72. The highest BCUT2D eigenvalue weighted by Crippen LogP contribution is 2.44. The number of amides is 2. The van der Waals surface area contributed by atoms with Gasteiger partial charge in [0.1, 0.15) is 5.82 Å². The van der Waals surface area contributed by atoms with Gasteiger partial charge in [0.05, 0.1) is 11.1 Å². The third kappa shape index (κ3) is 5.23. The number of nitrogens with zero attached hydrogens (tertiary/aromatic N) is 1. The van der Waals surface area contributed by atoms with Crippen molar-refractivity contribution in [3.63, 3.8) is 0 Å². The van der Waals surface area contributed by atoms with Gasteiger partial charge in [-0.2, -0.15) is 13.2 Å². The van der Waals surface area contributed by atoms with Crippen molar-refractivity contribution >= 4 is 34.0 Å². The van der Waals surface area contributed by atoms with Gasteiger partial charge in [0.2, 0.25) is 11.5 Å². The number of hydrogen-bond donors (Lipinski definition) is 3. The maximum Gasteiger partial charge on any atom is 0.426 e. The zero-order valence-corrected chi connectivity index (χ0v) is 19.7. The lowest BCUT2D eigenvalue weighted by atomic mass is 9.73. The van der Waals surface area contributed by atoms with Gasteiger partial charge in [-0.25, -0.2) is 9.18 Å². The molecule has 192 valence electrons. The molecule has 12 heteroatoms. The maximum absolute atomic E-state index is 14.1. The van der Waals surface area contributed by atoms with Crippen LogP contribution >= 0.6 is 0 Å². The second-order valence-electron chi connectivity index (χ2n) is 9.06. The molecule has 1 heterocycles. The lowest BCUT2D eigenvalue weighted by Gasteiger charge is -2.37. The van der Waals surface area contributed by atoms with Gasteiger partial charge < -0.3 is 20.3 Å². The maximum atomic E-state index is 14.1. The molecule has 0 fully saturated rings. The lowest BCUT2D eigenvalue weighted by Crippen LogP contribution is -2.57. The van der Waals surface area contributed by atoms with Gasteiger partial charge in [-0.1, -0.05) is 19.0 Å². The molecule has 1 atom stereocenters. The van der Waals surface area contributed by atoms with Gasteiger partial charge in [0.25, 0.3) is 5.91 Å². The van der Waals surface area contributed by atoms with E-state index in [0.717, 1.165) is 12.1 Å². The Morgan fingerprint density at radius 2 is 1.72 bits per heavy atom. The van der Waals surface area contributed by atoms with E-state index in [2.05, 4.69) is 15.0 Å². The van der Waals surface area contributed by atoms with E-state index in [-0.39, 0.29) is 33.4 Å². The molecule has 36 heavy (non-hydrogen) atoms. The molecule has 0 aliphatic rings. The van der Waals surface area contributed by atoms with Crippen LogP contribution in [-0.4, -0.2) is 33.9 Å². The molecule has 8 nitrogen and oxygen atoms in total. The van der Waals surface area contributed by atoms with Gasteiger partial charge in [-0.15, -0.1) is 0 Å². The summed E-state index contributed by atoms with van der Waals surface area (Å²) in [6, 6.07) is 6.79. The molecular weight excluding hydrogens is 486 g/mol. The van der Waals surface area contributed by atoms with Crippen molar-refractivity contribution in [3.8, 4) is 0 Å². The fourth-order valence-electron chi connectivity index (χ4n) is 3.96. The van der Waals surface area contributed by atoms with Gasteiger partial charge in [0.15, 0.2) is 0 Å². The Labute approximate surface area is 202 Å². The summed E-state index contributed by atoms with van der Waals surface area (Å²) in [4.78, 5) is 36.2. The predicted octanol–water partition coefficient (Wildman–Crippen LogP) is 4.19. The van der Waals surface area contributed by atoms with E-state index in [0.29, 0.717) is 0 Å². The summed E-state index contributed by atoms with van der Waals surface area (Å²) in [5.41, 5.74) is -6.22. The largest absolute Gasteiger partial charge is 0.426 e. The molecule has 0 spiro atoms. The van der Waals surface area contributed by atoms with E-state index in [1.54, 1.807) is 0 Å². The highest BCUT2D eigenvalue weighted by atomic mass is 19.4. The monoisotopic (exact) mass is 509 g/mol. The van der Waals surface area contributed by atoms with E-state index in [4.69, 9.17) is 0 Å². The number of aromatic nitrogens is 1. The van der Waals surface area contributed by atoms with Crippen LogP contribution < -0.4 is 16.3 Å². The number of aliphatic hydroxyl groups is 1. The van der Waals surface area contributed by atoms with Crippen LogP contribution in [0.1, 0.15) is 38.4 Å². The van der Waals surface area contributed by atoms with Crippen LogP contribution in [0.3, 0.4) is 0 Å². The summed E-state index contributed by atoms with van der Waals surface area (Å²) < 4.78 is 61.0. The number of anilines is 2. The average Bonchev–Trinajstić information content (AvgIpc) is 2.76. The fraction of sp³-hybridized carbons (Fsp3) is 0.333. The Morgan fingerprint density at radius 1 is 1.06 bits per heavy atom. The minimum Gasteiger partial charge on any atom is -0.373 e. The van der Waals surface area contributed by atoms with Crippen molar-refractivity contribution in [2.45, 2.75) is 51.3 Å². The smallest absolute Gasteiger partial charge is 0.373 e. The van der Waals surface area contributed by atoms with Crippen LogP contribution in [0.15, 0.2) is 45.7 Å². The minimum atomic E-state index is -5.43. The third-order valence-electron chi connectivity index (χ3n) is 5.72. The summed E-state index contributed by atoms with van der Waals surface area (Å²) in [7, 11) is 0. The second kappa shape index (κ2) is 9.34. The van der Waals surface area contributed by atoms with Crippen molar-refractivity contribution in [3.05, 3.63) is 63.9 Å². The Balaban J connectivity index is 2.01.